The molecule has 1 aromatic carbocycles. The Morgan fingerprint density at radius 2 is 2.25 bits per heavy atom. The summed E-state index contributed by atoms with van der Waals surface area (Å²) in [5, 5.41) is 5.68. The standard InChI is InChI=1S/C18H28N2O4/c1-14(2)23-10-9-22-13-15-5-3-6-16(11-15)20-18(21)19-12-17-7-4-8-24-17/h3,5-6,11,14,17H,4,7-10,12-13H2,1-2H3,(H2,19,20,21)/t17-/m0/s1. The molecule has 1 saturated heterocycles. The van der Waals surface area contributed by atoms with Crippen LogP contribution in [-0.2, 0) is 20.8 Å². The van der Waals surface area contributed by atoms with Gasteiger partial charge in [-0.2, -0.15) is 0 Å². The lowest BCUT2D eigenvalue weighted by Crippen LogP contribution is -2.35. The van der Waals surface area contributed by atoms with Crippen molar-refractivity contribution in [2.75, 3.05) is 31.7 Å². The lowest BCUT2D eigenvalue weighted by Gasteiger charge is -2.12. The summed E-state index contributed by atoms with van der Waals surface area (Å²) in [7, 11) is 0. The quantitative estimate of drug-likeness (QED) is 0.680. The SMILES string of the molecule is CC(C)OCCOCc1cccc(NC(=O)NC[C@@H]2CCCO2)c1. The smallest absolute Gasteiger partial charge is 0.319 e. The van der Waals surface area contributed by atoms with Crippen LogP contribution >= 0.6 is 0 Å². The predicted octanol–water partition coefficient (Wildman–Crippen LogP) is 2.93. The molecule has 0 bridgehead atoms. The largest absolute Gasteiger partial charge is 0.376 e. The molecule has 1 fully saturated rings. The van der Waals surface area contributed by atoms with Gasteiger partial charge in [-0.15, -0.1) is 0 Å². The van der Waals surface area contributed by atoms with Gasteiger partial charge < -0.3 is 24.8 Å². The number of hydrogen-bond donors (Lipinski definition) is 2. The molecule has 6 heteroatoms. The molecule has 24 heavy (non-hydrogen) atoms. The fourth-order valence-corrected chi connectivity index (χ4v) is 2.46. The summed E-state index contributed by atoms with van der Waals surface area (Å²) in [5.41, 5.74) is 1.76. The Kier molecular flexibility index (Phi) is 8.01. The Balaban J connectivity index is 1.68. The average Bonchev–Trinajstić information content (AvgIpc) is 3.06. The maximum atomic E-state index is 11.9. The molecule has 2 rings (SSSR count). The van der Waals surface area contributed by atoms with Crippen molar-refractivity contribution < 1.29 is 19.0 Å². The van der Waals surface area contributed by atoms with Crippen molar-refractivity contribution in [2.24, 2.45) is 0 Å². The van der Waals surface area contributed by atoms with Gasteiger partial charge >= 0.3 is 6.03 Å². The molecule has 134 valence electrons. The summed E-state index contributed by atoms with van der Waals surface area (Å²) >= 11 is 0. The van der Waals surface area contributed by atoms with E-state index in [4.69, 9.17) is 14.2 Å². The van der Waals surface area contributed by atoms with E-state index in [1.54, 1.807) is 0 Å². The van der Waals surface area contributed by atoms with Crippen molar-refractivity contribution in [2.45, 2.75) is 45.5 Å². The van der Waals surface area contributed by atoms with E-state index in [1.165, 1.54) is 0 Å². The molecule has 0 unspecified atom stereocenters. The zero-order valence-corrected chi connectivity index (χ0v) is 14.5. The number of nitrogens with one attached hydrogen (secondary N) is 2. The first-order chi connectivity index (χ1) is 11.6. The number of ether oxygens (including phenoxy) is 3. The third kappa shape index (κ3) is 7.29. The molecule has 1 aliphatic rings. The molecular weight excluding hydrogens is 308 g/mol. The van der Waals surface area contributed by atoms with Crippen molar-refractivity contribution in [1.29, 1.82) is 0 Å². The van der Waals surface area contributed by atoms with Gasteiger partial charge in [-0.05, 0) is 44.4 Å². The molecule has 0 spiro atoms. The van der Waals surface area contributed by atoms with Crippen LogP contribution in [0.2, 0.25) is 0 Å². The number of benzene rings is 1. The third-order valence-electron chi connectivity index (χ3n) is 3.65. The van der Waals surface area contributed by atoms with Gasteiger partial charge in [0.25, 0.3) is 0 Å². The third-order valence-corrected chi connectivity index (χ3v) is 3.65. The highest BCUT2D eigenvalue weighted by Gasteiger charge is 2.16. The molecular formula is C18H28N2O4. The highest BCUT2D eigenvalue weighted by atomic mass is 16.5. The number of amides is 2. The van der Waals surface area contributed by atoms with Crippen LogP contribution in [0, 0.1) is 0 Å². The fraction of sp³-hybridized carbons (Fsp3) is 0.611. The molecule has 1 heterocycles. The lowest BCUT2D eigenvalue weighted by atomic mass is 10.2. The minimum atomic E-state index is -0.214. The summed E-state index contributed by atoms with van der Waals surface area (Å²) in [6.07, 6.45) is 2.43. The van der Waals surface area contributed by atoms with Crippen molar-refractivity contribution in [3.05, 3.63) is 29.8 Å². The van der Waals surface area contributed by atoms with E-state index in [0.29, 0.717) is 26.4 Å². The van der Waals surface area contributed by atoms with Crippen molar-refractivity contribution in [3.63, 3.8) is 0 Å². The van der Waals surface area contributed by atoms with Crippen LogP contribution in [0.3, 0.4) is 0 Å². The van der Waals surface area contributed by atoms with Gasteiger partial charge in [0.2, 0.25) is 0 Å². The van der Waals surface area contributed by atoms with Crippen LogP contribution in [0.15, 0.2) is 24.3 Å². The highest BCUT2D eigenvalue weighted by Crippen LogP contribution is 2.13. The first-order valence-corrected chi connectivity index (χ1v) is 8.58. The van der Waals surface area contributed by atoms with E-state index >= 15 is 0 Å². The second kappa shape index (κ2) is 10.3. The van der Waals surface area contributed by atoms with E-state index < -0.39 is 0 Å². The first kappa shape index (κ1) is 18.7. The van der Waals surface area contributed by atoms with Gasteiger partial charge in [-0.1, -0.05) is 12.1 Å². The minimum absolute atomic E-state index is 0.142. The molecule has 0 saturated carbocycles. The van der Waals surface area contributed by atoms with Gasteiger partial charge in [-0.3, -0.25) is 0 Å². The molecule has 0 aromatic heterocycles. The maximum Gasteiger partial charge on any atom is 0.319 e. The van der Waals surface area contributed by atoms with Crippen LogP contribution in [0.4, 0.5) is 10.5 Å². The number of carbonyl (C=O) groups excluding carboxylic acids is 1. The molecule has 0 aliphatic carbocycles. The summed E-state index contributed by atoms with van der Waals surface area (Å²) in [6, 6.07) is 7.43. The summed E-state index contributed by atoms with van der Waals surface area (Å²) in [5.74, 6) is 0. The molecule has 0 radical (unpaired) electrons. The fourth-order valence-electron chi connectivity index (χ4n) is 2.46. The Morgan fingerprint density at radius 1 is 1.38 bits per heavy atom. The summed E-state index contributed by atoms with van der Waals surface area (Å²) in [6.45, 7) is 6.97. The first-order valence-electron chi connectivity index (χ1n) is 8.58. The number of carbonyl (C=O) groups is 1. The Labute approximate surface area is 143 Å². The van der Waals surface area contributed by atoms with Crippen LogP contribution < -0.4 is 10.6 Å². The normalized spacial score (nSPS) is 17.2. The molecule has 6 nitrogen and oxygen atoms in total. The van der Waals surface area contributed by atoms with E-state index in [1.807, 2.05) is 38.1 Å². The molecule has 1 aromatic rings. The van der Waals surface area contributed by atoms with Crippen LogP contribution in [0.5, 0.6) is 0 Å². The number of urea groups is 1. The van der Waals surface area contributed by atoms with Gasteiger partial charge in [0, 0.05) is 18.8 Å². The lowest BCUT2D eigenvalue weighted by molar-refractivity contribution is 0.0143. The average molecular weight is 336 g/mol. The van der Waals surface area contributed by atoms with E-state index in [0.717, 1.165) is 30.7 Å². The predicted molar refractivity (Wildman–Crippen MR) is 93.2 cm³/mol. The van der Waals surface area contributed by atoms with Crippen LogP contribution in [0.25, 0.3) is 0 Å². The Bertz CT molecular complexity index is 502. The minimum Gasteiger partial charge on any atom is -0.376 e. The van der Waals surface area contributed by atoms with Gasteiger partial charge in [-0.25, -0.2) is 4.79 Å². The second-order valence-corrected chi connectivity index (χ2v) is 6.14. The van der Waals surface area contributed by atoms with Gasteiger partial charge in [0.05, 0.1) is 32.0 Å². The van der Waals surface area contributed by atoms with Crippen molar-refractivity contribution in [1.82, 2.24) is 5.32 Å². The van der Waals surface area contributed by atoms with Gasteiger partial charge in [0.1, 0.15) is 0 Å². The Hall–Kier alpha value is -1.63. The second-order valence-electron chi connectivity index (χ2n) is 6.14. The topological polar surface area (TPSA) is 68.8 Å². The van der Waals surface area contributed by atoms with Crippen molar-refractivity contribution >= 4 is 11.7 Å². The summed E-state index contributed by atoms with van der Waals surface area (Å²) < 4.78 is 16.5. The molecule has 2 N–H and O–H groups in total. The Morgan fingerprint density at radius 3 is 3.00 bits per heavy atom. The van der Waals surface area contributed by atoms with Crippen LogP contribution in [-0.4, -0.2) is 44.6 Å². The molecule has 1 aliphatic heterocycles. The van der Waals surface area contributed by atoms with E-state index in [-0.39, 0.29) is 18.2 Å². The van der Waals surface area contributed by atoms with E-state index in [2.05, 4.69) is 10.6 Å². The zero-order chi connectivity index (χ0) is 17.2. The monoisotopic (exact) mass is 336 g/mol. The van der Waals surface area contributed by atoms with Gasteiger partial charge in [0.15, 0.2) is 0 Å². The highest BCUT2D eigenvalue weighted by molar-refractivity contribution is 5.89. The number of anilines is 1. The number of hydrogen-bond acceptors (Lipinski definition) is 4. The van der Waals surface area contributed by atoms with E-state index in [9.17, 15) is 4.79 Å². The molecule has 2 amide bonds. The molecule has 1 atom stereocenters. The number of rotatable bonds is 9. The zero-order valence-electron chi connectivity index (χ0n) is 14.5. The maximum absolute atomic E-state index is 11.9. The summed E-state index contributed by atoms with van der Waals surface area (Å²) in [4.78, 5) is 11.9. The van der Waals surface area contributed by atoms with Crippen LogP contribution in [0.1, 0.15) is 32.3 Å². The van der Waals surface area contributed by atoms with Crippen molar-refractivity contribution in [3.8, 4) is 0 Å².